The van der Waals surface area contributed by atoms with Gasteiger partial charge >= 0.3 is 11.9 Å². The summed E-state index contributed by atoms with van der Waals surface area (Å²) in [5, 5.41) is 15.2. The number of halogens is 3. The molecule has 1 aromatic carbocycles. The van der Waals surface area contributed by atoms with Gasteiger partial charge < -0.3 is 15.2 Å². The highest BCUT2D eigenvalue weighted by Crippen LogP contribution is 2.49. The molecule has 8 nitrogen and oxygen atoms in total. The first-order valence-corrected chi connectivity index (χ1v) is 13.1. The van der Waals surface area contributed by atoms with Crippen LogP contribution < -0.4 is 5.32 Å². The summed E-state index contributed by atoms with van der Waals surface area (Å²) in [5.74, 6) is -4.52. The van der Waals surface area contributed by atoms with Gasteiger partial charge in [-0.15, -0.1) is 11.3 Å². The number of aliphatic carboxylic acids is 1. The van der Waals surface area contributed by atoms with E-state index in [1.54, 1.807) is 40.7 Å². The third kappa shape index (κ3) is 4.99. The fourth-order valence-corrected chi connectivity index (χ4v) is 6.49. The number of esters is 1. The molecule has 0 spiro atoms. The number of carboxylic acid groups (broad SMARTS) is 1. The Bertz CT molecular complexity index is 1270. The molecular weight excluding hydrogens is 526 g/mol. The number of carbonyl (C=O) groups is 2. The molecule has 0 amide bonds. The number of carboxylic acids is 1. The van der Waals surface area contributed by atoms with Crippen LogP contribution in [0.25, 0.3) is 0 Å². The van der Waals surface area contributed by atoms with Gasteiger partial charge in [0, 0.05) is 53.3 Å². The van der Waals surface area contributed by atoms with Crippen molar-refractivity contribution in [3.63, 3.8) is 0 Å². The van der Waals surface area contributed by atoms with Gasteiger partial charge in [-0.1, -0.05) is 29.8 Å². The minimum atomic E-state index is -2.97. The number of aliphatic imine (C=N–C) groups is 1. The molecule has 196 valence electrons. The maximum atomic E-state index is 15.1. The van der Waals surface area contributed by atoms with Crippen LogP contribution in [0.15, 0.2) is 52.1 Å². The van der Waals surface area contributed by atoms with Crippen molar-refractivity contribution >= 4 is 40.7 Å². The number of carbonyl (C=O) groups excluding carboxylic acids is 1. The summed E-state index contributed by atoms with van der Waals surface area (Å²) in [6, 6.07) is 4.51. The summed E-state index contributed by atoms with van der Waals surface area (Å²) in [6.45, 7) is 0.0144. The molecule has 2 fully saturated rings. The van der Waals surface area contributed by atoms with Crippen LogP contribution in [0.4, 0.5) is 8.78 Å². The van der Waals surface area contributed by atoms with E-state index in [9.17, 15) is 14.7 Å². The van der Waals surface area contributed by atoms with Gasteiger partial charge in [-0.2, -0.15) is 0 Å². The number of amidine groups is 1. The van der Waals surface area contributed by atoms with Crippen LogP contribution in [0, 0.1) is 5.92 Å². The van der Waals surface area contributed by atoms with E-state index in [4.69, 9.17) is 21.3 Å². The van der Waals surface area contributed by atoms with Crippen LogP contribution >= 0.6 is 22.9 Å². The van der Waals surface area contributed by atoms with Crippen molar-refractivity contribution in [1.29, 1.82) is 0 Å². The molecule has 37 heavy (non-hydrogen) atoms. The molecule has 4 atom stereocenters. The predicted octanol–water partition coefficient (Wildman–Crippen LogP) is 4.28. The third-order valence-corrected chi connectivity index (χ3v) is 8.32. The highest BCUT2D eigenvalue weighted by molar-refractivity contribution is 7.11. The molecule has 4 heterocycles. The van der Waals surface area contributed by atoms with Gasteiger partial charge in [-0.25, -0.2) is 18.6 Å². The summed E-state index contributed by atoms with van der Waals surface area (Å²) >= 11 is 7.85. The molecule has 2 bridgehead atoms. The van der Waals surface area contributed by atoms with E-state index in [1.807, 2.05) is 0 Å². The summed E-state index contributed by atoms with van der Waals surface area (Å²) in [6.07, 6.45) is 1.55. The Morgan fingerprint density at radius 2 is 2.11 bits per heavy atom. The van der Waals surface area contributed by atoms with E-state index in [0.29, 0.717) is 33.5 Å². The number of rotatable bonds is 7. The summed E-state index contributed by atoms with van der Waals surface area (Å²) < 4.78 is 35.2. The standard InChI is InChI=1S/C25H25ClF2N4O4S/c1-36-24(35)20-17(12-32-14-8-13(10-19(33)34)9-18(32)25(27,28)11-14)30-22(23-29-6-7-37-23)31-21(20)15-4-2-3-5-16(15)26/h2-7,13-14,18,21H,8-12H2,1H3,(H,30,31)(H,33,34)/t13-,14+,18-,21+/m1/s1. The highest BCUT2D eigenvalue weighted by atomic mass is 35.5. The van der Waals surface area contributed by atoms with Crippen molar-refractivity contribution in [2.24, 2.45) is 10.9 Å². The summed E-state index contributed by atoms with van der Waals surface area (Å²) in [5.41, 5.74) is 1.15. The van der Waals surface area contributed by atoms with Crippen LogP contribution in [0.1, 0.15) is 42.3 Å². The molecule has 12 heteroatoms. The van der Waals surface area contributed by atoms with Crippen molar-refractivity contribution < 1.29 is 28.2 Å². The topological polar surface area (TPSA) is 104 Å². The van der Waals surface area contributed by atoms with E-state index in [0.717, 1.165) is 0 Å². The Morgan fingerprint density at radius 1 is 1.32 bits per heavy atom. The van der Waals surface area contributed by atoms with Gasteiger partial charge in [0.05, 0.1) is 18.7 Å². The van der Waals surface area contributed by atoms with Crippen LogP contribution in [-0.4, -0.2) is 64.4 Å². The normalized spacial score (nSPS) is 27.0. The van der Waals surface area contributed by atoms with Gasteiger partial charge in [-0.3, -0.25) is 14.7 Å². The van der Waals surface area contributed by atoms with E-state index >= 15 is 8.78 Å². The quantitative estimate of drug-likeness (QED) is 0.496. The van der Waals surface area contributed by atoms with Crippen LogP contribution in [0.2, 0.25) is 5.02 Å². The average Bonchev–Trinajstić information content (AvgIpc) is 3.43. The van der Waals surface area contributed by atoms with E-state index in [-0.39, 0.29) is 37.3 Å². The first-order valence-electron chi connectivity index (χ1n) is 11.8. The Labute approximate surface area is 221 Å². The van der Waals surface area contributed by atoms with Crippen molar-refractivity contribution in [3.8, 4) is 0 Å². The zero-order chi connectivity index (χ0) is 26.3. The smallest absolute Gasteiger partial charge is 0.338 e. The van der Waals surface area contributed by atoms with Gasteiger partial charge in [0.2, 0.25) is 0 Å². The monoisotopic (exact) mass is 550 g/mol. The number of hydrogen-bond acceptors (Lipinski definition) is 8. The van der Waals surface area contributed by atoms with Crippen LogP contribution in [0.3, 0.4) is 0 Å². The molecule has 2 saturated heterocycles. The second-order valence-corrected chi connectivity index (χ2v) is 10.8. The molecule has 0 aliphatic carbocycles. The lowest BCUT2D eigenvalue weighted by Gasteiger charge is -2.40. The number of methoxy groups -OCH3 is 1. The SMILES string of the molecule is COC(=O)C1=C(CN2[C@H]3C[C@@H](CC(=O)O)C[C@@H]2C(F)(F)C3)NC(c2nccs2)=N[C@H]1c1ccccc1Cl. The predicted molar refractivity (Wildman–Crippen MR) is 134 cm³/mol. The largest absolute Gasteiger partial charge is 0.481 e. The zero-order valence-corrected chi connectivity index (χ0v) is 21.4. The minimum absolute atomic E-state index is 0.0144. The van der Waals surface area contributed by atoms with Gasteiger partial charge in [0.25, 0.3) is 5.92 Å². The number of benzene rings is 1. The van der Waals surface area contributed by atoms with Crippen molar-refractivity contribution in [3.05, 3.63) is 62.7 Å². The number of piperidine rings is 1. The average molecular weight is 551 g/mol. The molecule has 2 N–H and O–H groups in total. The van der Waals surface area contributed by atoms with Gasteiger partial charge in [0.1, 0.15) is 6.04 Å². The Hall–Kier alpha value is -2.89. The molecule has 2 aromatic rings. The molecule has 3 aliphatic heterocycles. The number of ether oxygens (including phenoxy) is 1. The lowest BCUT2D eigenvalue weighted by Crippen LogP contribution is -2.50. The number of aromatic nitrogens is 1. The second-order valence-electron chi connectivity index (χ2n) is 9.49. The molecule has 5 rings (SSSR count). The molecule has 1 aromatic heterocycles. The lowest BCUT2D eigenvalue weighted by molar-refractivity contribution is -0.139. The lowest BCUT2D eigenvalue weighted by atomic mass is 9.87. The molecule has 3 aliphatic rings. The molecule has 0 saturated carbocycles. The number of fused-ring (bicyclic) bond motifs is 2. The fraction of sp³-hybridized carbons (Fsp3) is 0.440. The molecule has 0 radical (unpaired) electrons. The maximum Gasteiger partial charge on any atom is 0.338 e. The van der Waals surface area contributed by atoms with E-state index in [2.05, 4.69) is 10.3 Å². The number of thiazole rings is 1. The van der Waals surface area contributed by atoms with Gasteiger partial charge in [-0.05, 0) is 24.8 Å². The van der Waals surface area contributed by atoms with Crippen molar-refractivity contribution in [1.82, 2.24) is 15.2 Å². The first-order chi connectivity index (χ1) is 17.7. The Kier molecular flexibility index (Phi) is 7.03. The number of nitrogens with zero attached hydrogens (tertiary/aromatic N) is 3. The maximum absolute atomic E-state index is 15.1. The second kappa shape index (κ2) is 10.1. The first kappa shape index (κ1) is 25.7. The highest BCUT2D eigenvalue weighted by Gasteiger charge is 2.57. The minimum Gasteiger partial charge on any atom is -0.481 e. The molecular formula is C25H25ClF2N4O4S. The number of alkyl halides is 2. The van der Waals surface area contributed by atoms with Crippen molar-refractivity contribution in [2.75, 3.05) is 13.7 Å². The Balaban J connectivity index is 1.56. The Morgan fingerprint density at radius 3 is 2.76 bits per heavy atom. The zero-order valence-electron chi connectivity index (χ0n) is 19.9. The number of hydrogen-bond donors (Lipinski definition) is 2. The third-order valence-electron chi connectivity index (χ3n) is 7.20. The van der Waals surface area contributed by atoms with Crippen molar-refractivity contribution in [2.45, 2.75) is 49.7 Å². The summed E-state index contributed by atoms with van der Waals surface area (Å²) in [4.78, 5) is 35.1. The van der Waals surface area contributed by atoms with Crippen LogP contribution in [-0.2, 0) is 14.3 Å². The van der Waals surface area contributed by atoms with Gasteiger partial charge in [0.15, 0.2) is 10.8 Å². The number of nitrogens with one attached hydrogen (secondary N) is 1. The fourth-order valence-electron chi connectivity index (χ4n) is 5.66. The van der Waals surface area contributed by atoms with E-state index in [1.165, 1.54) is 18.4 Å². The van der Waals surface area contributed by atoms with E-state index < -0.39 is 36.0 Å². The summed E-state index contributed by atoms with van der Waals surface area (Å²) in [7, 11) is 1.26. The van der Waals surface area contributed by atoms with Crippen LogP contribution in [0.5, 0.6) is 0 Å². The molecule has 0 unspecified atom stereocenters.